The summed E-state index contributed by atoms with van der Waals surface area (Å²) in [6.07, 6.45) is 4.28. The van der Waals surface area contributed by atoms with Gasteiger partial charge in [-0.05, 0) is 39.9 Å². The summed E-state index contributed by atoms with van der Waals surface area (Å²) >= 11 is 0. The van der Waals surface area contributed by atoms with Gasteiger partial charge >= 0.3 is 5.65 Å². The Morgan fingerprint density at radius 2 is 1.74 bits per heavy atom. The first-order valence-corrected chi connectivity index (χ1v) is 8.70. The van der Waals surface area contributed by atoms with Gasteiger partial charge in [0.15, 0.2) is 11.6 Å². The first-order chi connectivity index (χ1) is 11.0. The number of piperidine rings is 1. The summed E-state index contributed by atoms with van der Waals surface area (Å²) in [6, 6.07) is 0. The predicted octanol–water partition coefficient (Wildman–Crippen LogP) is 2.30. The molecule has 2 N–H and O–H groups in total. The van der Waals surface area contributed by atoms with Crippen LogP contribution in [0.4, 0.5) is 0 Å². The Morgan fingerprint density at radius 3 is 2.22 bits per heavy atom. The molecule has 6 nitrogen and oxygen atoms in total. The van der Waals surface area contributed by atoms with Gasteiger partial charge in [-0.15, -0.1) is 0 Å². The molecule has 0 saturated carbocycles. The maximum Gasteiger partial charge on any atom is 0.309 e. The van der Waals surface area contributed by atoms with Crippen molar-refractivity contribution in [3.63, 3.8) is 0 Å². The SMILES string of the molecule is CC.CC[n+]1c(C)[nH]c2c(=O)[nH]c(C)nc21.CN1CCCCC1. The van der Waals surface area contributed by atoms with E-state index in [2.05, 4.69) is 26.9 Å². The van der Waals surface area contributed by atoms with Gasteiger partial charge in [0.25, 0.3) is 5.56 Å². The number of aromatic amines is 2. The van der Waals surface area contributed by atoms with Crippen molar-refractivity contribution in [1.82, 2.24) is 19.9 Å². The van der Waals surface area contributed by atoms with Crippen LogP contribution >= 0.6 is 0 Å². The molecule has 3 rings (SSSR count). The fourth-order valence-corrected chi connectivity index (χ4v) is 2.73. The van der Waals surface area contributed by atoms with E-state index in [1.54, 1.807) is 6.92 Å². The number of rotatable bonds is 1. The van der Waals surface area contributed by atoms with Gasteiger partial charge in [0, 0.05) is 13.8 Å². The van der Waals surface area contributed by atoms with E-state index in [0.717, 1.165) is 18.0 Å². The van der Waals surface area contributed by atoms with Crippen molar-refractivity contribution in [2.75, 3.05) is 20.1 Å². The van der Waals surface area contributed by atoms with Crippen molar-refractivity contribution in [3.05, 3.63) is 22.0 Å². The number of fused-ring (bicyclic) bond motifs is 1. The standard InChI is InChI=1S/C9H12N4O.C6H13N.C2H6/c1-4-13-6(3)12-7-8(13)10-5(2)11-9(7)14;1-7-5-3-2-4-6-7;1-2/h4H2,1-3H3,(H,10,11,14);2-6H2,1H3;1-2H3/p+1. The summed E-state index contributed by atoms with van der Waals surface area (Å²) in [7, 11) is 2.19. The molecule has 0 aromatic carbocycles. The van der Waals surface area contributed by atoms with E-state index in [1.165, 1.54) is 32.4 Å². The Morgan fingerprint density at radius 1 is 1.13 bits per heavy atom. The molecule has 3 heterocycles. The van der Waals surface area contributed by atoms with Crippen molar-refractivity contribution in [3.8, 4) is 0 Å². The van der Waals surface area contributed by atoms with Crippen LogP contribution in [0.15, 0.2) is 4.79 Å². The first kappa shape index (κ1) is 19.4. The third-order valence-corrected chi connectivity index (χ3v) is 3.88. The predicted molar refractivity (Wildman–Crippen MR) is 94.8 cm³/mol. The zero-order valence-electron chi connectivity index (χ0n) is 15.5. The Bertz CT molecular complexity index is 653. The average Bonchev–Trinajstić information content (AvgIpc) is 2.86. The van der Waals surface area contributed by atoms with Crippen LogP contribution in [0.25, 0.3) is 11.2 Å². The van der Waals surface area contributed by atoms with E-state index in [4.69, 9.17) is 0 Å². The quantitative estimate of drug-likeness (QED) is 0.792. The Hall–Kier alpha value is -1.69. The van der Waals surface area contributed by atoms with Crippen molar-refractivity contribution in [2.45, 2.75) is 60.4 Å². The molecular weight excluding hydrogens is 290 g/mol. The third-order valence-electron chi connectivity index (χ3n) is 3.88. The lowest BCUT2D eigenvalue weighted by Gasteiger charge is -2.20. The highest BCUT2D eigenvalue weighted by atomic mass is 16.1. The number of aryl methyl sites for hydroxylation is 3. The van der Waals surface area contributed by atoms with Crippen LogP contribution in [0.3, 0.4) is 0 Å². The summed E-state index contributed by atoms with van der Waals surface area (Å²) in [5.41, 5.74) is 1.17. The molecule has 0 spiro atoms. The van der Waals surface area contributed by atoms with E-state index >= 15 is 0 Å². The minimum absolute atomic E-state index is 0.109. The minimum Gasteiger partial charge on any atom is -0.306 e. The molecule has 0 bridgehead atoms. The van der Waals surface area contributed by atoms with Crippen molar-refractivity contribution < 1.29 is 4.57 Å². The highest BCUT2D eigenvalue weighted by Gasteiger charge is 2.17. The summed E-state index contributed by atoms with van der Waals surface area (Å²) < 4.78 is 1.98. The van der Waals surface area contributed by atoms with Crippen LogP contribution in [0.5, 0.6) is 0 Å². The van der Waals surface area contributed by atoms with E-state index in [0.29, 0.717) is 11.3 Å². The third kappa shape index (κ3) is 5.16. The summed E-state index contributed by atoms with van der Waals surface area (Å²) in [5.74, 6) is 1.59. The largest absolute Gasteiger partial charge is 0.309 e. The molecule has 1 aliphatic rings. The number of hydrogen-bond donors (Lipinski definition) is 2. The summed E-state index contributed by atoms with van der Waals surface area (Å²) in [6.45, 7) is 13.2. The molecule has 130 valence electrons. The highest BCUT2D eigenvalue weighted by Crippen LogP contribution is 2.04. The van der Waals surface area contributed by atoms with E-state index in [9.17, 15) is 4.79 Å². The second-order valence-corrected chi connectivity index (χ2v) is 5.67. The molecule has 0 radical (unpaired) electrons. The molecule has 0 aliphatic carbocycles. The Balaban J connectivity index is 0.000000247. The van der Waals surface area contributed by atoms with Crippen molar-refractivity contribution in [2.24, 2.45) is 0 Å². The molecule has 0 amide bonds. The maximum atomic E-state index is 11.5. The number of hydrogen-bond acceptors (Lipinski definition) is 3. The lowest BCUT2D eigenvalue weighted by Crippen LogP contribution is -2.35. The van der Waals surface area contributed by atoms with Crippen LogP contribution in [0.1, 0.15) is 51.7 Å². The first-order valence-electron chi connectivity index (χ1n) is 8.70. The van der Waals surface area contributed by atoms with Crippen molar-refractivity contribution >= 4 is 11.2 Å². The molecule has 1 saturated heterocycles. The monoisotopic (exact) mass is 322 g/mol. The topological polar surface area (TPSA) is 68.7 Å². The number of aromatic nitrogens is 4. The Kier molecular flexibility index (Phi) is 7.95. The van der Waals surface area contributed by atoms with Gasteiger partial charge in [-0.2, -0.15) is 0 Å². The van der Waals surface area contributed by atoms with Gasteiger partial charge in [-0.1, -0.05) is 25.3 Å². The second kappa shape index (κ2) is 9.45. The van der Waals surface area contributed by atoms with Crippen LogP contribution in [-0.4, -0.2) is 40.0 Å². The molecule has 23 heavy (non-hydrogen) atoms. The van der Waals surface area contributed by atoms with Crippen LogP contribution in [-0.2, 0) is 6.54 Å². The fourth-order valence-electron chi connectivity index (χ4n) is 2.73. The van der Waals surface area contributed by atoms with Gasteiger partial charge in [-0.25, -0.2) is 4.57 Å². The van der Waals surface area contributed by atoms with Crippen LogP contribution < -0.4 is 10.1 Å². The number of nitrogens with zero attached hydrogens (tertiary/aromatic N) is 3. The van der Waals surface area contributed by atoms with Crippen molar-refractivity contribution in [1.29, 1.82) is 0 Å². The normalized spacial score (nSPS) is 14.7. The zero-order chi connectivity index (χ0) is 17.4. The number of imidazole rings is 1. The van der Waals surface area contributed by atoms with E-state index in [1.807, 2.05) is 32.3 Å². The second-order valence-electron chi connectivity index (χ2n) is 5.67. The molecular formula is C17H32N5O+. The number of nitrogens with one attached hydrogen (secondary N) is 2. The average molecular weight is 322 g/mol. The van der Waals surface area contributed by atoms with Gasteiger partial charge in [0.05, 0.1) is 6.54 Å². The smallest absolute Gasteiger partial charge is 0.306 e. The van der Waals surface area contributed by atoms with Gasteiger partial charge in [-0.3, -0.25) is 14.8 Å². The molecule has 2 aromatic rings. The molecule has 0 unspecified atom stereocenters. The van der Waals surface area contributed by atoms with Crippen LogP contribution in [0, 0.1) is 13.8 Å². The highest BCUT2D eigenvalue weighted by molar-refractivity contribution is 5.65. The maximum absolute atomic E-state index is 11.5. The van der Waals surface area contributed by atoms with Gasteiger partial charge in [0.1, 0.15) is 0 Å². The lowest BCUT2D eigenvalue weighted by molar-refractivity contribution is -0.675. The van der Waals surface area contributed by atoms with Gasteiger partial charge in [0.2, 0.25) is 5.52 Å². The molecule has 0 atom stereocenters. The molecule has 1 aliphatic heterocycles. The fraction of sp³-hybridized carbons (Fsp3) is 0.706. The lowest BCUT2D eigenvalue weighted by atomic mass is 10.1. The molecule has 2 aromatic heterocycles. The molecule has 6 heteroatoms. The van der Waals surface area contributed by atoms with E-state index in [-0.39, 0.29) is 5.56 Å². The Labute approximate surface area is 138 Å². The number of likely N-dealkylation sites (tertiary alicyclic amines) is 1. The van der Waals surface area contributed by atoms with E-state index < -0.39 is 0 Å². The summed E-state index contributed by atoms with van der Waals surface area (Å²) in [5, 5.41) is 0. The van der Waals surface area contributed by atoms with Crippen LogP contribution in [0.2, 0.25) is 0 Å². The summed E-state index contributed by atoms with van der Waals surface area (Å²) in [4.78, 5) is 23.9. The number of H-pyrrole nitrogens is 2. The zero-order valence-corrected chi connectivity index (χ0v) is 15.5. The van der Waals surface area contributed by atoms with Gasteiger partial charge < -0.3 is 4.90 Å². The molecule has 1 fully saturated rings. The minimum atomic E-state index is -0.109.